The number of nitrogens with zero attached hydrogens (tertiary/aromatic N) is 5. The fourth-order valence-electron chi connectivity index (χ4n) is 2.12. The van der Waals surface area contributed by atoms with Gasteiger partial charge >= 0.3 is 0 Å². The molecule has 0 fully saturated rings. The van der Waals surface area contributed by atoms with Crippen LogP contribution in [0.15, 0.2) is 36.5 Å². The van der Waals surface area contributed by atoms with E-state index in [4.69, 9.17) is 0 Å². The zero-order chi connectivity index (χ0) is 16.2. The van der Waals surface area contributed by atoms with E-state index in [1.165, 1.54) is 0 Å². The lowest BCUT2D eigenvalue weighted by atomic mass is 10.1. The fraction of sp³-hybridized carbons (Fsp3) is 0.267. The van der Waals surface area contributed by atoms with E-state index in [0.717, 1.165) is 11.1 Å². The molecule has 3 aromatic rings. The Morgan fingerprint density at radius 2 is 2.22 bits per heavy atom. The van der Waals surface area contributed by atoms with E-state index >= 15 is 0 Å². The second kappa shape index (κ2) is 6.39. The third kappa shape index (κ3) is 3.42. The van der Waals surface area contributed by atoms with Crippen molar-refractivity contribution in [3.05, 3.63) is 47.8 Å². The van der Waals surface area contributed by atoms with Crippen LogP contribution in [-0.4, -0.2) is 36.3 Å². The normalized spacial score (nSPS) is 10.9. The van der Waals surface area contributed by atoms with E-state index in [2.05, 4.69) is 31.0 Å². The number of carbonyl (C=O) groups is 1. The predicted octanol–water partition coefficient (Wildman–Crippen LogP) is 1.57. The van der Waals surface area contributed by atoms with Gasteiger partial charge in [0.15, 0.2) is 0 Å². The van der Waals surface area contributed by atoms with Crippen LogP contribution in [0.5, 0.6) is 0 Å². The zero-order valence-corrected chi connectivity index (χ0v) is 12.9. The van der Waals surface area contributed by atoms with Gasteiger partial charge in [-0.25, -0.2) is 0 Å². The Morgan fingerprint density at radius 1 is 1.35 bits per heavy atom. The molecule has 8 nitrogen and oxygen atoms in total. The summed E-state index contributed by atoms with van der Waals surface area (Å²) in [6.07, 6.45) is 1.80. The van der Waals surface area contributed by atoms with Gasteiger partial charge in [0.25, 0.3) is 5.91 Å². The lowest BCUT2D eigenvalue weighted by Crippen LogP contribution is -2.23. The standard InChI is InChI=1S/C15H17N7O/c1-10(2)22-7-6-13(19-22)15(23)16-9-11-4-3-5-12(8-11)14-17-20-21-18-14/h3-8,10H,9H2,1-2H3,(H,16,23)(H,17,18,20,21). The fourth-order valence-corrected chi connectivity index (χ4v) is 2.12. The molecule has 23 heavy (non-hydrogen) atoms. The number of H-pyrrole nitrogens is 1. The minimum Gasteiger partial charge on any atom is -0.347 e. The second-order valence-corrected chi connectivity index (χ2v) is 5.39. The average Bonchev–Trinajstić information content (AvgIpc) is 3.24. The molecule has 2 heterocycles. The van der Waals surface area contributed by atoms with Crippen molar-refractivity contribution >= 4 is 5.91 Å². The van der Waals surface area contributed by atoms with E-state index in [1.807, 2.05) is 38.1 Å². The van der Waals surface area contributed by atoms with Gasteiger partial charge < -0.3 is 5.32 Å². The van der Waals surface area contributed by atoms with Crippen molar-refractivity contribution < 1.29 is 4.79 Å². The topological polar surface area (TPSA) is 101 Å². The number of hydrogen-bond donors (Lipinski definition) is 2. The summed E-state index contributed by atoms with van der Waals surface area (Å²) < 4.78 is 1.76. The molecule has 0 radical (unpaired) electrons. The van der Waals surface area contributed by atoms with Crippen LogP contribution in [0.4, 0.5) is 0 Å². The molecule has 0 spiro atoms. The van der Waals surface area contributed by atoms with Gasteiger partial charge in [-0.05, 0) is 36.8 Å². The SMILES string of the molecule is CC(C)n1ccc(C(=O)NCc2cccc(-c3nn[nH]n3)c2)n1. The summed E-state index contributed by atoms with van der Waals surface area (Å²) in [6, 6.07) is 9.56. The smallest absolute Gasteiger partial charge is 0.272 e. The molecule has 1 aromatic carbocycles. The Bertz CT molecular complexity index is 792. The first-order valence-corrected chi connectivity index (χ1v) is 7.29. The van der Waals surface area contributed by atoms with Crippen molar-refractivity contribution in [2.24, 2.45) is 0 Å². The lowest BCUT2D eigenvalue weighted by molar-refractivity contribution is 0.0945. The number of hydrogen-bond acceptors (Lipinski definition) is 5. The van der Waals surface area contributed by atoms with Crippen molar-refractivity contribution in [1.29, 1.82) is 0 Å². The molecule has 0 saturated carbocycles. The summed E-state index contributed by atoms with van der Waals surface area (Å²) >= 11 is 0. The van der Waals surface area contributed by atoms with Gasteiger partial charge in [-0.3, -0.25) is 9.48 Å². The van der Waals surface area contributed by atoms with E-state index in [9.17, 15) is 4.79 Å². The highest BCUT2D eigenvalue weighted by Gasteiger charge is 2.11. The van der Waals surface area contributed by atoms with E-state index in [0.29, 0.717) is 18.1 Å². The third-order valence-corrected chi connectivity index (χ3v) is 3.35. The van der Waals surface area contributed by atoms with Crippen LogP contribution in [-0.2, 0) is 6.54 Å². The van der Waals surface area contributed by atoms with Gasteiger partial charge in [-0.1, -0.05) is 18.2 Å². The minimum atomic E-state index is -0.200. The monoisotopic (exact) mass is 311 g/mol. The molecule has 0 atom stereocenters. The number of carbonyl (C=O) groups excluding carboxylic acids is 1. The van der Waals surface area contributed by atoms with E-state index in [-0.39, 0.29) is 11.9 Å². The van der Waals surface area contributed by atoms with Gasteiger partial charge in [-0.15, -0.1) is 10.2 Å². The van der Waals surface area contributed by atoms with Crippen molar-refractivity contribution in [2.75, 3.05) is 0 Å². The highest BCUT2D eigenvalue weighted by Crippen LogP contribution is 2.15. The predicted molar refractivity (Wildman–Crippen MR) is 83.4 cm³/mol. The number of aromatic nitrogens is 6. The quantitative estimate of drug-likeness (QED) is 0.745. The van der Waals surface area contributed by atoms with Crippen molar-refractivity contribution in [3.63, 3.8) is 0 Å². The van der Waals surface area contributed by atoms with Crippen LogP contribution >= 0.6 is 0 Å². The Labute approximate surface area is 132 Å². The molecule has 118 valence electrons. The average molecular weight is 311 g/mol. The molecule has 0 aliphatic rings. The number of amides is 1. The summed E-state index contributed by atoms with van der Waals surface area (Å²) in [4.78, 5) is 12.1. The Kier molecular flexibility index (Phi) is 4.13. The molecule has 8 heteroatoms. The van der Waals surface area contributed by atoms with Gasteiger partial charge in [0.05, 0.1) is 0 Å². The summed E-state index contributed by atoms with van der Waals surface area (Å²) in [5.74, 6) is 0.322. The van der Waals surface area contributed by atoms with Gasteiger partial charge in [0.2, 0.25) is 5.82 Å². The number of tetrazole rings is 1. The largest absolute Gasteiger partial charge is 0.347 e. The summed E-state index contributed by atoms with van der Waals surface area (Å²) in [7, 11) is 0. The Morgan fingerprint density at radius 3 is 2.91 bits per heavy atom. The minimum absolute atomic E-state index is 0.200. The maximum atomic E-state index is 12.1. The molecule has 3 rings (SSSR count). The lowest BCUT2D eigenvalue weighted by Gasteiger charge is -2.06. The number of nitrogens with one attached hydrogen (secondary N) is 2. The maximum absolute atomic E-state index is 12.1. The molecule has 0 aliphatic heterocycles. The van der Waals surface area contributed by atoms with Crippen molar-refractivity contribution in [3.8, 4) is 11.4 Å². The summed E-state index contributed by atoms with van der Waals surface area (Å²) in [5, 5.41) is 21.0. The third-order valence-electron chi connectivity index (χ3n) is 3.35. The molecule has 2 N–H and O–H groups in total. The number of rotatable bonds is 5. The Balaban J connectivity index is 1.66. The van der Waals surface area contributed by atoms with E-state index < -0.39 is 0 Å². The Hall–Kier alpha value is -3.03. The highest BCUT2D eigenvalue weighted by atomic mass is 16.1. The van der Waals surface area contributed by atoms with Crippen LogP contribution in [0, 0.1) is 0 Å². The van der Waals surface area contributed by atoms with Crippen molar-refractivity contribution in [1.82, 2.24) is 35.7 Å². The summed E-state index contributed by atoms with van der Waals surface area (Å²) in [6.45, 7) is 4.43. The second-order valence-electron chi connectivity index (χ2n) is 5.39. The maximum Gasteiger partial charge on any atom is 0.272 e. The van der Waals surface area contributed by atoms with Crippen LogP contribution < -0.4 is 5.32 Å². The highest BCUT2D eigenvalue weighted by molar-refractivity contribution is 5.92. The van der Waals surface area contributed by atoms with Crippen LogP contribution in [0.3, 0.4) is 0 Å². The first-order valence-electron chi connectivity index (χ1n) is 7.29. The molecule has 2 aromatic heterocycles. The summed E-state index contributed by atoms with van der Waals surface area (Å²) in [5.41, 5.74) is 2.20. The number of benzene rings is 1. The molecule has 1 amide bonds. The van der Waals surface area contributed by atoms with Crippen LogP contribution in [0.25, 0.3) is 11.4 Å². The molecular weight excluding hydrogens is 294 g/mol. The molecule has 0 saturated heterocycles. The molecule has 0 unspecified atom stereocenters. The van der Waals surface area contributed by atoms with E-state index in [1.54, 1.807) is 16.9 Å². The molecule has 0 aliphatic carbocycles. The van der Waals surface area contributed by atoms with Gasteiger partial charge in [-0.2, -0.15) is 10.3 Å². The zero-order valence-electron chi connectivity index (χ0n) is 12.9. The van der Waals surface area contributed by atoms with Crippen molar-refractivity contribution in [2.45, 2.75) is 26.4 Å². The van der Waals surface area contributed by atoms with Gasteiger partial charge in [0.1, 0.15) is 5.69 Å². The van der Waals surface area contributed by atoms with Gasteiger partial charge in [0, 0.05) is 24.3 Å². The number of aromatic amines is 1. The van der Waals surface area contributed by atoms with Crippen LogP contribution in [0.2, 0.25) is 0 Å². The first-order chi connectivity index (χ1) is 11.1. The molecular formula is C15H17N7O. The first kappa shape index (κ1) is 14.9. The molecule has 0 bridgehead atoms. The van der Waals surface area contributed by atoms with Crippen LogP contribution in [0.1, 0.15) is 35.9 Å².